The van der Waals surface area contributed by atoms with Crippen LogP contribution < -0.4 is 5.32 Å². The van der Waals surface area contributed by atoms with Gasteiger partial charge in [-0.3, -0.25) is 4.79 Å². The van der Waals surface area contributed by atoms with Crippen molar-refractivity contribution >= 4 is 29.3 Å². The normalized spacial score (nSPS) is 15.7. The summed E-state index contributed by atoms with van der Waals surface area (Å²) < 4.78 is 2.02. The zero-order valence-electron chi connectivity index (χ0n) is 16.3. The van der Waals surface area contributed by atoms with Crippen molar-refractivity contribution in [3.63, 3.8) is 0 Å². The number of carbonyl (C=O) groups excluding carboxylic acids is 1. The van der Waals surface area contributed by atoms with Crippen LogP contribution in [-0.2, 0) is 17.8 Å². The van der Waals surface area contributed by atoms with Crippen LogP contribution in [0.2, 0.25) is 5.02 Å². The summed E-state index contributed by atoms with van der Waals surface area (Å²) >= 11 is 7.40. The Labute approximate surface area is 179 Å². The molecule has 7 heteroatoms. The van der Waals surface area contributed by atoms with E-state index in [0.717, 1.165) is 42.4 Å². The van der Waals surface area contributed by atoms with Crippen molar-refractivity contribution in [1.82, 2.24) is 20.1 Å². The number of hydrogen-bond donors (Lipinski definition) is 1. The fourth-order valence-corrected chi connectivity index (χ4v) is 4.70. The Morgan fingerprint density at radius 1 is 1.21 bits per heavy atom. The van der Waals surface area contributed by atoms with Crippen molar-refractivity contribution < 1.29 is 4.79 Å². The first-order valence-electron chi connectivity index (χ1n) is 9.85. The number of rotatable bonds is 6. The van der Waals surface area contributed by atoms with Crippen molar-refractivity contribution in [3.8, 4) is 11.4 Å². The van der Waals surface area contributed by atoms with Crippen LogP contribution in [0.5, 0.6) is 0 Å². The lowest BCUT2D eigenvalue weighted by atomic mass is 9.88. The van der Waals surface area contributed by atoms with Gasteiger partial charge in [0.2, 0.25) is 5.91 Å². The fourth-order valence-electron chi connectivity index (χ4n) is 3.76. The lowest BCUT2D eigenvalue weighted by Crippen LogP contribution is -2.32. The SMILES string of the molecule is CCn1c(SCC(=O)NC2CCCc3ccccc32)nnc1-c1ccc(Cl)cc1. The maximum absolute atomic E-state index is 12.6. The van der Waals surface area contributed by atoms with Crippen LogP contribution in [0.4, 0.5) is 0 Å². The predicted molar refractivity (Wildman–Crippen MR) is 117 cm³/mol. The Bertz CT molecular complexity index is 1000. The quantitative estimate of drug-likeness (QED) is 0.569. The number of benzene rings is 2. The molecule has 1 unspecified atom stereocenters. The highest BCUT2D eigenvalue weighted by Crippen LogP contribution is 2.30. The highest BCUT2D eigenvalue weighted by atomic mass is 35.5. The van der Waals surface area contributed by atoms with Gasteiger partial charge in [0.05, 0.1) is 11.8 Å². The van der Waals surface area contributed by atoms with Gasteiger partial charge in [-0.2, -0.15) is 0 Å². The van der Waals surface area contributed by atoms with Gasteiger partial charge < -0.3 is 9.88 Å². The smallest absolute Gasteiger partial charge is 0.230 e. The predicted octanol–water partition coefficient (Wildman–Crippen LogP) is 4.90. The molecule has 1 N–H and O–H groups in total. The molecular formula is C22H23ClN4OS. The second-order valence-electron chi connectivity index (χ2n) is 7.06. The number of aryl methyl sites for hydroxylation is 1. The molecule has 5 nitrogen and oxygen atoms in total. The lowest BCUT2D eigenvalue weighted by molar-refractivity contribution is -0.119. The molecule has 4 rings (SSSR count). The third-order valence-electron chi connectivity index (χ3n) is 5.17. The third-order valence-corrected chi connectivity index (χ3v) is 6.39. The molecule has 1 atom stereocenters. The van der Waals surface area contributed by atoms with E-state index in [2.05, 4.69) is 33.7 Å². The summed E-state index contributed by atoms with van der Waals surface area (Å²) in [5.74, 6) is 1.13. The van der Waals surface area contributed by atoms with Gasteiger partial charge in [0, 0.05) is 17.1 Å². The number of aromatic nitrogens is 3. The van der Waals surface area contributed by atoms with Crippen molar-refractivity contribution in [2.24, 2.45) is 0 Å². The second-order valence-corrected chi connectivity index (χ2v) is 8.44. The summed E-state index contributed by atoms with van der Waals surface area (Å²) in [6.07, 6.45) is 3.17. The number of halogens is 1. The molecule has 3 aromatic rings. The average Bonchev–Trinajstić information content (AvgIpc) is 3.16. The summed E-state index contributed by atoms with van der Waals surface area (Å²) in [7, 11) is 0. The summed E-state index contributed by atoms with van der Waals surface area (Å²) in [5, 5.41) is 13.3. The van der Waals surface area contributed by atoms with E-state index in [1.165, 1.54) is 22.9 Å². The summed E-state index contributed by atoms with van der Waals surface area (Å²) in [6.45, 7) is 2.77. The molecule has 1 aliphatic carbocycles. The monoisotopic (exact) mass is 426 g/mol. The molecule has 29 heavy (non-hydrogen) atoms. The van der Waals surface area contributed by atoms with Crippen molar-refractivity contribution in [3.05, 3.63) is 64.7 Å². The van der Waals surface area contributed by atoms with E-state index in [4.69, 9.17) is 11.6 Å². The minimum atomic E-state index is 0.0235. The molecule has 0 aliphatic heterocycles. The van der Waals surface area contributed by atoms with Crippen LogP contribution in [0.1, 0.15) is 36.9 Å². The first kappa shape index (κ1) is 20.0. The lowest BCUT2D eigenvalue weighted by Gasteiger charge is -2.26. The molecule has 150 valence electrons. The maximum Gasteiger partial charge on any atom is 0.230 e. The number of amides is 1. The number of thioether (sulfide) groups is 1. The number of nitrogens with one attached hydrogen (secondary N) is 1. The number of hydrogen-bond acceptors (Lipinski definition) is 4. The van der Waals surface area contributed by atoms with Crippen LogP contribution in [0.25, 0.3) is 11.4 Å². The first-order valence-corrected chi connectivity index (χ1v) is 11.2. The Balaban J connectivity index is 1.42. The van der Waals surface area contributed by atoms with E-state index in [-0.39, 0.29) is 11.9 Å². The molecule has 0 fully saturated rings. The number of fused-ring (bicyclic) bond motifs is 1. The number of carbonyl (C=O) groups is 1. The van der Waals surface area contributed by atoms with Crippen LogP contribution in [0, 0.1) is 0 Å². The average molecular weight is 427 g/mol. The van der Waals surface area contributed by atoms with Gasteiger partial charge in [-0.25, -0.2) is 0 Å². The van der Waals surface area contributed by atoms with Gasteiger partial charge in [-0.15, -0.1) is 10.2 Å². The Kier molecular flexibility index (Phi) is 6.21. The highest BCUT2D eigenvalue weighted by molar-refractivity contribution is 7.99. The van der Waals surface area contributed by atoms with Crippen molar-refractivity contribution in [2.75, 3.05) is 5.75 Å². The largest absolute Gasteiger partial charge is 0.349 e. The van der Waals surface area contributed by atoms with Gasteiger partial charge in [-0.05, 0) is 61.6 Å². The fraction of sp³-hybridized carbons (Fsp3) is 0.318. The maximum atomic E-state index is 12.6. The topological polar surface area (TPSA) is 59.8 Å². The van der Waals surface area contributed by atoms with E-state index in [1.807, 2.05) is 41.8 Å². The standard InChI is InChI=1S/C22H23ClN4OS/c1-2-27-21(16-10-12-17(23)13-11-16)25-26-22(27)29-14-20(28)24-19-9-5-7-15-6-3-4-8-18(15)19/h3-4,6,8,10-13,19H,2,5,7,9,14H2,1H3,(H,24,28). The van der Waals surface area contributed by atoms with Crippen LogP contribution in [-0.4, -0.2) is 26.4 Å². The molecule has 1 aliphatic rings. The van der Waals surface area contributed by atoms with E-state index in [0.29, 0.717) is 10.8 Å². The van der Waals surface area contributed by atoms with Crippen LogP contribution >= 0.6 is 23.4 Å². The molecule has 0 radical (unpaired) electrons. The van der Waals surface area contributed by atoms with Gasteiger partial charge in [0.15, 0.2) is 11.0 Å². The minimum Gasteiger partial charge on any atom is -0.349 e. The molecule has 0 saturated carbocycles. The second kappa shape index (κ2) is 9.01. The highest BCUT2D eigenvalue weighted by Gasteiger charge is 2.22. The van der Waals surface area contributed by atoms with Crippen LogP contribution in [0.15, 0.2) is 53.7 Å². The molecule has 0 saturated heterocycles. The Morgan fingerprint density at radius 3 is 2.79 bits per heavy atom. The zero-order chi connectivity index (χ0) is 20.2. The summed E-state index contributed by atoms with van der Waals surface area (Å²) in [5.41, 5.74) is 3.55. The molecule has 1 heterocycles. The van der Waals surface area contributed by atoms with Gasteiger partial charge in [0.1, 0.15) is 0 Å². The number of nitrogens with zero attached hydrogens (tertiary/aromatic N) is 3. The summed E-state index contributed by atoms with van der Waals surface area (Å²) in [6, 6.07) is 16.0. The van der Waals surface area contributed by atoms with E-state index in [1.54, 1.807) is 0 Å². The molecule has 0 bridgehead atoms. The van der Waals surface area contributed by atoms with Gasteiger partial charge in [-0.1, -0.05) is 47.6 Å². The first-order chi connectivity index (χ1) is 14.2. The third kappa shape index (κ3) is 4.49. The minimum absolute atomic E-state index is 0.0235. The summed E-state index contributed by atoms with van der Waals surface area (Å²) in [4.78, 5) is 12.6. The molecule has 1 aromatic heterocycles. The van der Waals surface area contributed by atoms with Crippen molar-refractivity contribution in [1.29, 1.82) is 0 Å². The zero-order valence-corrected chi connectivity index (χ0v) is 17.8. The molecular weight excluding hydrogens is 404 g/mol. The van der Waals surface area contributed by atoms with E-state index >= 15 is 0 Å². The van der Waals surface area contributed by atoms with Crippen LogP contribution in [0.3, 0.4) is 0 Å². The molecule has 0 spiro atoms. The van der Waals surface area contributed by atoms with Crippen molar-refractivity contribution in [2.45, 2.75) is 43.9 Å². The Hall–Kier alpha value is -2.31. The molecule has 2 aromatic carbocycles. The molecule has 1 amide bonds. The van der Waals surface area contributed by atoms with Gasteiger partial charge >= 0.3 is 0 Å². The Morgan fingerprint density at radius 2 is 2.00 bits per heavy atom. The van der Waals surface area contributed by atoms with E-state index < -0.39 is 0 Å². The van der Waals surface area contributed by atoms with Gasteiger partial charge in [0.25, 0.3) is 0 Å². The van der Waals surface area contributed by atoms with E-state index in [9.17, 15) is 4.79 Å².